The first kappa shape index (κ1) is 15.3. The molecule has 0 aromatic rings. The van der Waals surface area contributed by atoms with E-state index in [4.69, 9.17) is 0 Å². The normalized spacial score (nSPS) is 23.6. The van der Waals surface area contributed by atoms with Crippen LogP contribution in [0.2, 0.25) is 0 Å². The average molecular weight is 280 g/mol. The topological polar surface area (TPSA) is 49.4 Å². The minimum absolute atomic E-state index is 0.0423. The van der Waals surface area contributed by atoms with E-state index in [1.54, 1.807) is 0 Å². The first-order chi connectivity index (χ1) is 9.72. The highest BCUT2D eigenvalue weighted by Crippen LogP contribution is 2.34. The first-order valence-electron chi connectivity index (χ1n) is 8.30. The second-order valence-corrected chi connectivity index (χ2v) is 6.23. The first-order valence-corrected chi connectivity index (χ1v) is 8.30. The summed E-state index contributed by atoms with van der Waals surface area (Å²) < 4.78 is 0. The molecule has 1 atom stereocenters. The molecule has 4 heteroatoms. The molecule has 2 fully saturated rings. The van der Waals surface area contributed by atoms with Crippen molar-refractivity contribution in [2.24, 2.45) is 5.92 Å². The summed E-state index contributed by atoms with van der Waals surface area (Å²) in [5.74, 6) is 0.601. The standard InChI is InChI=1S/C16H28N2O2/c1-2-3-4-5-6-7-11-18-12-10-14(19)17-15(16(18)20)13-8-9-13/h13,15H,2-12H2,1H3,(H,17,19). The Balaban J connectivity index is 1.74. The second-order valence-electron chi connectivity index (χ2n) is 6.23. The number of nitrogens with zero attached hydrogens (tertiary/aromatic N) is 1. The molecule has 4 nitrogen and oxygen atoms in total. The Bertz CT molecular complexity index is 339. The summed E-state index contributed by atoms with van der Waals surface area (Å²) >= 11 is 0. The van der Waals surface area contributed by atoms with Crippen molar-refractivity contribution in [1.29, 1.82) is 0 Å². The third kappa shape index (κ3) is 4.50. The number of nitrogens with one attached hydrogen (secondary N) is 1. The Morgan fingerprint density at radius 3 is 2.50 bits per heavy atom. The van der Waals surface area contributed by atoms with Crippen LogP contribution in [0.15, 0.2) is 0 Å². The lowest BCUT2D eigenvalue weighted by molar-refractivity contribution is -0.134. The van der Waals surface area contributed by atoms with Crippen LogP contribution < -0.4 is 5.32 Å². The van der Waals surface area contributed by atoms with Crippen LogP contribution in [0.25, 0.3) is 0 Å². The minimum Gasteiger partial charge on any atom is -0.344 e. The van der Waals surface area contributed by atoms with E-state index in [9.17, 15) is 9.59 Å². The van der Waals surface area contributed by atoms with E-state index in [1.165, 1.54) is 32.1 Å². The number of unbranched alkanes of at least 4 members (excludes halogenated alkanes) is 5. The van der Waals surface area contributed by atoms with Crippen molar-refractivity contribution in [3.05, 3.63) is 0 Å². The van der Waals surface area contributed by atoms with Gasteiger partial charge >= 0.3 is 0 Å². The number of hydrogen-bond acceptors (Lipinski definition) is 2. The van der Waals surface area contributed by atoms with E-state index < -0.39 is 0 Å². The molecule has 1 aliphatic heterocycles. The summed E-state index contributed by atoms with van der Waals surface area (Å²) in [7, 11) is 0. The number of hydrogen-bond donors (Lipinski definition) is 1. The molecule has 1 saturated heterocycles. The summed E-state index contributed by atoms with van der Waals surface area (Å²) in [6.45, 7) is 3.64. The molecule has 20 heavy (non-hydrogen) atoms. The Labute approximate surface area is 122 Å². The van der Waals surface area contributed by atoms with E-state index in [0.29, 0.717) is 18.9 Å². The van der Waals surface area contributed by atoms with Gasteiger partial charge in [0.2, 0.25) is 11.8 Å². The molecule has 1 unspecified atom stereocenters. The summed E-state index contributed by atoms with van der Waals surface area (Å²) in [6, 6.07) is -0.231. The molecule has 0 spiro atoms. The van der Waals surface area contributed by atoms with Crippen molar-refractivity contribution in [2.45, 2.75) is 70.8 Å². The monoisotopic (exact) mass is 280 g/mol. The van der Waals surface area contributed by atoms with E-state index in [-0.39, 0.29) is 17.9 Å². The average Bonchev–Trinajstić information content (AvgIpc) is 3.26. The summed E-state index contributed by atoms with van der Waals surface area (Å²) in [4.78, 5) is 26.0. The van der Waals surface area contributed by atoms with Crippen molar-refractivity contribution < 1.29 is 9.59 Å². The van der Waals surface area contributed by atoms with Crippen LogP contribution in [0.1, 0.15) is 64.7 Å². The molecule has 0 bridgehead atoms. The predicted molar refractivity (Wildman–Crippen MR) is 79.2 cm³/mol. The van der Waals surface area contributed by atoms with Gasteiger partial charge in [-0.2, -0.15) is 0 Å². The minimum atomic E-state index is -0.231. The van der Waals surface area contributed by atoms with Crippen molar-refractivity contribution in [2.75, 3.05) is 13.1 Å². The fourth-order valence-electron chi connectivity index (χ4n) is 2.90. The summed E-state index contributed by atoms with van der Waals surface area (Å²) in [6.07, 6.45) is 10.0. The van der Waals surface area contributed by atoms with Crippen molar-refractivity contribution in [3.63, 3.8) is 0 Å². The zero-order chi connectivity index (χ0) is 14.4. The van der Waals surface area contributed by atoms with Crippen molar-refractivity contribution in [3.8, 4) is 0 Å². The number of rotatable bonds is 8. The number of amides is 2. The van der Waals surface area contributed by atoms with Gasteiger partial charge in [-0.25, -0.2) is 0 Å². The van der Waals surface area contributed by atoms with Crippen LogP contribution in [0.5, 0.6) is 0 Å². The van der Waals surface area contributed by atoms with E-state index in [0.717, 1.165) is 25.8 Å². The fourth-order valence-corrected chi connectivity index (χ4v) is 2.90. The second kappa shape index (κ2) is 7.65. The molecule has 1 heterocycles. The van der Waals surface area contributed by atoms with Gasteiger partial charge in [-0.05, 0) is 25.2 Å². The molecular weight excluding hydrogens is 252 g/mol. The molecule has 2 amide bonds. The van der Waals surface area contributed by atoms with E-state index in [1.807, 2.05) is 4.90 Å². The lowest BCUT2D eigenvalue weighted by Crippen LogP contribution is -2.46. The molecule has 2 rings (SSSR count). The molecule has 0 aromatic carbocycles. The van der Waals surface area contributed by atoms with Crippen LogP contribution >= 0.6 is 0 Å². The lowest BCUT2D eigenvalue weighted by Gasteiger charge is -2.24. The van der Waals surface area contributed by atoms with E-state index >= 15 is 0 Å². The molecular formula is C16H28N2O2. The van der Waals surface area contributed by atoms with Gasteiger partial charge in [-0.3, -0.25) is 9.59 Å². The van der Waals surface area contributed by atoms with Gasteiger partial charge in [0.25, 0.3) is 0 Å². The van der Waals surface area contributed by atoms with Crippen LogP contribution in [0, 0.1) is 5.92 Å². The summed E-state index contributed by atoms with van der Waals surface area (Å²) in [5, 5.41) is 2.91. The van der Waals surface area contributed by atoms with Gasteiger partial charge in [-0.15, -0.1) is 0 Å². The quantitative estimate of drug-likeness (QED) is 0.694. The number of carbonyl (C=O) groups is 2. The highest BCUT2D eigenvalue weighted by molar-refractivity contribution is 5.90. The maximum Gasteiger partial charge on any atom is 0.245 e. The largest absolute Gasteiger partial charge is 0.344 e. The van der Waals surface area contributed by atoms with Gasteiger partial charge in [0, 0.05) is 19.5 Å². The molecule has 1 N–H and O–H groups in total. The van der Waals surface area contributed by atoms with Crippen molar-refractivity contribution >= 4 is 11.8 Å². The molecule has 0 aromatic heterocycles. The third-order valence-corrected chi connectivity index (χ3v) is 4.38. The fraction of sp³-hybridized carbons (Fsp3) is 0.875. The smallest absolute Gasteiger partial charge is 0.245 e. The van der Waals surface area contributed by atoms with Gasteiger partial charge in [0.15, 0.2) is 0 Å². The zero-order valence-corrected chi connectivity index (χ0v) is 12.7. The van der Waals surface area contributed by atoms with Crippen LogP contribution in [0.4, 0.5) is 0 Å². The lowest BCUT2D eigenvalue weighted by atomic mass is 10.1. The Kier molecular flexibility index (Phi) is 5.86. The summed E-state index contributed by atoms with van der Waals surface area (Å²) in [5.41, 5.74) is 0. The van der Waals surface area contributed by atoms with Gasteiger partial charge in [0.05, 0.1) is 0 Å². The van der Waals surface area contributed by atoms with Crippen molar-refractivity contribution in [1.82, 2.24) is 10.2 Å². The maximum absolute atomic E-state index is 12.4. The van der Waals surface area contributed by atoms with Crippen LogP contribution in [0.3, 0.4) is 0 Å². The highest BCUT2D eigenvalue weighted by atomic mass is 16.2. The van der Waals surface area contributed by atoms with E-state index in [2.05, 4.69) is 12.2 Å². The Hall–Kier alpha value is -1.06. The Morgan fingerprint density at radius 2 is 1.80 bits per heavy atom. The van der Waals surface area contributed by atoms with Gasteiger partial charge < -0.3 is 10.2 Å². The SMILES string of the molecule is CCCCCCCCN1CCC(=O)NC(C2CC2)C1=O. The Morgan fingerprint density at radius 1 is 1.10 bits per heavy atom. The molecule has 2 aliphatic rings. The highest BCUT2D eigenvalue weighted by Gasteiger charge is 2.40. The maximum atomic E-state index is 12.4. The third-order valence-electron chi connectivity index (χ3n) is 4.38. The van der Waals surface area contributed by atoms with Crippen LogP contribution in [-0.4, -0.2) is 35.8 Å². The molecule has 1 aliphatic carbocycles. The van der Waals surface area contributed by atoms with Gasteiger partial charge in [0.1, 0.15) is 6.04 Å². The molecule has 0 radical (unpaired) electrons. The molecule has 1 saturated carbocycles. The van der Waals surface area contributed by atoms with Crippen LogP contribution in [-0.2, 0) is 9.59 Å². The predicted octanol–water partition coefficient (Wildman–Crippen LogP) is 2.47. The zero-order valence-electron chi connectivity index (χ0n) is 12.7. The number of carbonyl (C=O) groups excluding carboxylic acids is 2. The molecule has 114 valence electrons. The van der Waals surface area contributed by atoms with Gasteiger partial charge in [-0.1, -0.05) is 39.0 Å².